The van der Waals surface area contributed by atoms with Crippen molar-refractivity contribution < 1.29 is 38.6 Å². The molecular formula is C44H53N9O10. The SMILES string of the molecule is C[C@H]1[C@H](NC(=O)[C@H](CC2CCCCC2)NC(=O)NC2(C(=O)OCc3ccccc3)CC2c2c[nH]c3ccccc23)C(=O)N(C[C@H]2C[C@@H](O)[C@H](n3ccc(=O)[nH]c3=O)O2)N1C(=O)CN. The molecule has 0 radical (unpaired) electrons. The number of rotatable bonds is 14. The lowest BCUT2D eigenvalue weighted by molar-refractivity contribution is -0.159. The average molecular weight is 868 g/mol. The van der Waals surface area contributed by atoms with Crippen molar-refractivity contribution in [3.63, 3.8) is 0 Å². The number of aromatic nitrogens is 3. The molecule has 2 aromatic heterocycles. The molecule has 2 aliphatic carbocycles. The van der Waals surface area contributed by atoms with Crippen LogP contribution < -0.4 is 32.9 Å². The van der Waals surface area contributed by atoms with Crippen LogP contribution >= 0.6 is 0 Å². The molecule has 8 N–H and O–H groups in total. The summed E-state index contributed by atoms with van der Waals surface area (Å²) in [4.78, 5) is 99.6. The Labute approximate surface area is 361 Å². The second kappa shape index (κ2) is 18.2. The molecule has 334 valence electrons. The zero-order valence-electron chi connectivity index (χ0n) is 34.9. The Hall–Kier alpha value is -6.31. The largest absolute Gasteiger partial charge is 0.459 e. The van der Waals surface area contributed by atoms with Gasteiger partial charge < -0.3 is 41.2 Å². The number of urea groups is 1. The Morgan fingerprint density at radius 2 is 1.76 bits per heavy atom. The van der Waals surface area contributed by atoms with Gasteiger partial charge in [0.25, 0.3) is 17.4 Å². The van der Waals surface area contributed by atoms with Crippen LogP contribution in [0.1, 0.15) is 81.6 Å². The number of aliphatic hydroxyl groups excluding tert-OH is 1. The van der Waals surface area contributed by atoms with Gasteiger partial charge in [-0.1, -0.05) is 80.6 Å². The second-order valence-electron chi connectivity index (χ2n) is 17.0. The summed E-state index contributed by atoms with van der Waals surface area (Å²) in [5.41, 5.74) is 5.42. The van der Waals surface area contributed by atoms with Crippen molar-refractivity contribution in [2.45, 2.75) is 113 Å². The number of H-pyrrole nitrogens is 2. The molecule has 2 unspecified atom stereocenters. The number of carbonyl (C=O) groups excluding carboxylic acids is 5. The summed E-state index contributed by atoms with van der Waals surface area (Å²) in [6.45, 7) is 0.885. The van der Waals surface area contributed by atoms with E-state index in [1.165, 1.54) is 6.20 Å². The first kappa shape index (κ1) is 43.3. The van der Waals surface area contributed by atoms with Gasteiger partial charge in [-0.15, -0.1) is 0 Å². The van der Waals surface area contributed by atoms with Gasteiger partial charge in [0, 0.05) is 41.7 Å². The van der Waals surface area contributed by atoms with E-state index in [-0.39, 0.29) is 38.3 Å². The van der Waals surface area contributed by atoms with E-state index in [2.05, 4.69) is 25.9 Å². The van der Waals surface area contributed by atoms with Crippen LogP contribution in [0, 0.1) is 5.92 Å². The molecule has 8 atom stereocenters. The summed E-state index contributed by atoms with van der Waals surface area (Å²) in [6.07, 6.45) is 4.95. The predicted molar refractivity (Wildman–Crippen MR) is 226 cm³/mol. The number of nitrogens with zero attached hydrogens (tertiary/aromatic N) is 3. The van der Waals surface area contributed by atoms with E-state index < -0.39 is 95.5 Å². The minimum absolute atomic E-state index is 0.00449. The summed E-state index contributed by atoms with van der Waals surface area (Å²) >= 11 is 0. The summed E-state index contributed by atoms with van der Waals surface area (Å²) in [6, 6.07) is 13.9. The predicted octanol–water partition coefficient (Wildman–Crippen LogP) is 1.39. The van der Waals surface area contributed by atoms with Crippen molar-refractivity contribution in [3.8, 4) is 0 Å². The van der Waals surface area contributed by atoms with E-state index in [0.29, 0.717) is 0 Å². The lowest BCUT2D eigenvalue weighted by atomic mass is 9.84. The van der Waals surface area contributed by atoms with Crippen molar-refractivity contribution in [2.24, 2.45) is 11.7 Å². The van der Waals surface area contributed by atoms with Crippen molar-refractivity contribution in [2.75, 3.05) is 13.1 Å². The summed E-state index contributed by atoms with van der Waals surface area (Å²) in [7, 11) is 0. The fraction of sp³-hybridized carbons (Fsp3) is 0.477. The van der Waals surface area contributed by atoms with E-state index >= 15 is 0 Å². The molecule has 4 fully saturated rings. The molecule has 4 aromatic rings. The molecule has 19 heteroatoms. The number of hydrazine groups is 1. The molecule has 63 heavy (non-hydrogen) atoms. The number of nitrogens with two attached hydrogens (primary N) is 1. The molecule has 4 aliphatic rings. The van der Waals surface area contributed by atoms with Crippen LogP contribution in [0.15, 0.2) is 82.6 Å². The molecule has 2 aromatic carbocycles. The van der Waals surface area contributed by atoms with Gasteiger partial charge in [-0.25, -0.2) is 24.4 Å². The van der Waals surface area contributed by atoms with Crippen molar-refractivity contribution in [1.29, 1.82) is 0 Å². The topological polar surface area (TPSA) is 263 Å². The third kappa shape index (κ3) is 8.98. The maximum atomic E-state index is 14.4. The van der Waals surface area contributed by atoms with Crippen molar-refractivity contribution >= 4 is 40.6 Å². The number of fused-ring (bicyclic) bond motifs is 1. The van der Waals surface area contributed by atoms with E-state index in [1.54, 1.807) is 6.92 Å². The molecule has 8 rings (SSSR count). The van der Waals surface area contributed by atoms with Gasteiger partial charge in [-0.05, 0) is 42.9 Å². The van der Waals surface area contributed by atoms with E-state index in [0.717, 1.165) is 74.8 Å². The number of nitrogens with one attached hydrogen (secondary N) is 5. The van der Waals surface area contributed by atoms with Crippen molar-refractivity contribution in [3.05, 3.63) is 105 Å². The number of aliphatic hydroxyl groups is 1. The number of para-hydroxylation sites is 1. The Bertz CT molecular complexity index is 2470. The monoisotopic (exact) mass is 867 g/mol. The summed E-state index contributed by atoms with van der Waals surface area (Å²) in [5, 5.41) is 22.6. The molecule has 4 heterocycles. The number of esters is 1. The van der Waals surface area contributed by atoms with Crippen LogP contribution in [-0.4, -0.2) is 108 Å². The zero-order valence-corrected chi connectivity index (χ0v) is 34.9. The second-order valence-corrected chi connectivity index (χ2v) is 17.0. The summed E-state index contributed by atoms with van der Waals surface area (Å²) in [5.74, 6) is -2.87. The Morgan fingerprint density at radius 3 is 2.51 bits per heavy atom. The molecule has 2 saturated heterocycles. The number of benzene rings is 2. The first-order valence-electron chi connectivity index (χ1n) is 21.5. The molecule has 2 aliphatic heterocycles. The lowest BCUT2D eigenvalue weighted by Gasteiger charge is -2.32. The zero-order chi connectivity index (χ0) is 44.4. The van der Waals surface area contributed by atoms with Gasteiger partial charge >= 0.3 is 17.7 Å². The smallest absolute Gasteiger partial charge is 0.332 e. The fourth-order valence-corrected chi connectivity index (χ4v) is 9.49. The minimum atomic E-state index is -1.43. The highest BCUT2D eigenvalue weighted by molar-refractivity contribution is 5.98. The quantitative estimate of drug-likeness (QED) is 0.0891. The van der Waals surface area contributed by atoms with Gasteiger partial charge in [0.1, 0.15) is 30.3 Å². The van der Waals surface area contributed by atoms with Crippen LogP contribution in [0.3, 0.4) is 0 Å². The van der Waals surface area contributed by atoms with Gasteiger partial charge in [0.2, 0.25) is 5.91 Å². The number of hydrogen-bond donors (Lipinski definition) is 7. The van der Waals surface area contributed by atoms with Gasteiger partial charge in [-0.3, -0.25) is 28.7 Å². The average Bonchev–Trinajstić information content (AvgIpc) is 3.51. The first-order valence-corrected chi connectivity index (χ1v) is 21.5. The Kier molecular flexibility index (Phi) is 12.5. The molecule has 2 saturated carbocycles. The van der Waals surface area contributed by atoms with Gasteiger partial charge in [0.05, 0.1) is 25.2 Å². The van der Waals surface area contributed by atoms with Crippen LogP contribution in [0.25, 0.3) is 10.9 Å². The normalized spacial score (nSPS) is 26.4. The summed E-state index contributed by atoms with van der Waals surface area (Å²) < 4.78 is 12.8. The van der Waals surface area contributed by atoms with Crippen LogP contribution in [-0.2, 0) is 35.3 Å². The molecule has 0 bridgehead atoms. The van der Waals surface area contributed by atoms with Crippen LogP contribution in [0.5, 0.6) is 0 Å². The number of aromatic amines is 2. The van der Waals surface area contributed by atoms with E-state index in [4.69, 9.17) is 15.2 Å². The van der Waals surface area contributed by atoms with Crippen LogP contribution in [0.4, 0.5) is 4.79 Å². The first-order chi connectivity index (χ1) is 30.4. The number of hydrogen-bond acceptors (Lipinski definition) is 11. The Balaban J connectivity index is 0.996. The number of ether oxygens (including phenoxy) is 2. The number of carbonyl (C=O) groups is 5. The van der Waals surface area contributed by atoms with Gasteiger partial charge in [0.15, 0.2) is 6.23 Å². The third-order valence-corrected chi connectivity index (χ3v) is 12.8. The maximum Gasteiger partial charge on any atom is 0.332 e. The highest BCUT2D eigenvalue weighted by atomic mass is 16.5. The van der Waals surface area contributed by atoms with Crippen molar-refractivity contribution in [1.82, 2.24) is 40.5 Å². The highest BCUT2D eigenvalue weighted by Gasteiger charge is 2.64. The fourth-order valence-electron chi connectivity index (χ4n) is 9.49. The molecular weight excluding hydrogens is 815 g/mol. The van der Waals surface area contributed by atoms with E-state index in [9.17, 15) is 38.7 Å². The minimum Gasteiger partial charge on any atom is -0.459 e. The third-order valence-electron chi connectivity index (χ3n) is 12.8. The standard InChI is InChI=1S/C44H53N9O10/c1-25-37(39(58)52(53(25)36(56)21-45)23-28-19-34(54)40(63-28)51-17-16-35(55)48-43(51)61)49-38(57)33(18-26-10-4-2-5-11-26)47-42(60)50-44(41(59)62-24-27-12-6-3-7-13-27)20-31(44)30-22-46-32-15-9-8-14-29(30)32/h3,6-9,12-17,22,25-26,28,31,33-34,37,40,46,54H,2,4-5,10-11,18-21,23-24,45H2,1H3,(H,49,57)(H2,47,50,60)(H,48,55,61)/t25-,28+,31?,33-,34+,37-,40+,44?/m0/s1. The van der Waals surface area contributed by atoms with E-state index in [1.807, 2.05) is 60.8 Å². The molecule has 19 nitrogen and oxygen atoms in total. The maximum absolute atomic E-state index is 14.4. The lowest BCUT2D eigenvalue weighted by Crippen LogP contribution is -2.58. The Morgan fingerprint density at radius 1 is 1.02 bits per heavy atom. The highest BCUT2D eigenvalue weighted by Crippen LogP contribution is 2.54. The molecule has 0 spiro atoms. The number of amides is 5. The van der Waals surface area contributed by atoms with Gasteiger partial charge in [-0.2, -0.15) is 0 Å². The van der Waals surface area contributed by atoms with Crippen LogP contribution in [0.2, 0.25) is 0 Å². The molecule has 5 amide bonds.